The quantitative estimate of drug-likeness (QED) is 0.903. The van der Waals surface area contributed by atoms with Crippen molar-refractivity contribution in [1.82, 2.24) is 20.1 Å². The summed E-state index contributed by atoms with van der Waals surface area (Å²) < 4.78 is 0. The number of nitrogens with one attached hydrogen (secondary N) is 1. The number of hydrogen-bond donors (Lipinski definition) is 1. The first kappa shape index (κ1) is 16.0. The van der Waals surface area contributed by atoms with E-state index in [-0.39, 0.29) is 0 Å². The van der Waals surface area contributed by atoms with E-state index in [9.17, 15) is 0 Å². The van der Waals surface area contributed by atoms with E-state index in [4.69, 9.17) is 11.6 Å². The zero-order valence-corrected chi connectivity index (χ0v) is 14.0. The average molecular weight is 333 g/mol. The second-order valence-electron chi connectivity index (χ2n) is 5.74. The lowest BCUT2D eigenvalue weighted by Gasteiger charge is -2.32. The third kappa shape index (κ3) is 4.53. The summed E-state index contributed by atoms with van der Waals surface area (Å²) in [5.74, 6) is 1.46. The fourth-order valence-electron chi connectivity index (χ4n) is 2.57. The molecule has 0 spiro atoms. The monoisotopic (exact) mass is 332 g/mol. The van der Waals surface area contributed by atoms with Crippen molar-refractivity contribution in [2.75, 3.05) is 50.0 Å². The Morgan fingerprint density at radius 2 is 2.04 bits per heavy atom. The Labute approximate surface area is 141 Å². The van der Waals surface area contributed by atoms with Gasteiger partial charge in [0.1, 0.15) is 0 Å². The lowest BCUT2D eigenvalue weighted by molar-refractivity contribution is 0.312. The first-order valence-electron chi connectivity index (χ1n) is 7.82. The molecule has 23 heavy (non-hydrogen) atoms. The molecule has 0 atom stereocenters. The Bertz CT molecular complexity index is 642. The van der Waals surface area contributed by atoms with Crippen LogP contribution in [0.4, 0.5) is 11.8 Å². The van der Waals surface area contributed by atoms with E-state index in [1.165, 1.54) is 5.56 Å². The maximum atomic E-state index is 5.99. The van der Waals surface area contributed by atoms with E-state index in [2.05, 4.69) is 43.4 Å². The highest BCUT2D eigenvalue weighted by Crippen LogP contribution is 2.14. The summed E-state index contributed by atoms with van der Waals surface area (Å²) in [5, 5.41) is 12.1. The van der Waals surface area contributed by atoms with Crippen molar-refractivity contribution >= 4 is 23.4 Å². The van der Waals surface area contributed by atoms with Gasteiger partial charge >= 0.3 is 0 Å². The number of rotatable bonds is 5. The van der Waals surface area contributed by atoms with Crippen LogP contribution in [0.1, 0.15) is 5.56 Å². The Hall–Kier alpha value is -1.92. The molecule has 1 aliphatic rings. The predicted molar refractivity (Wildman–Crippen MR) is 93.2 cm³/mol. The predicted octanol–water partition coefficient (Wildman–Crippen LogP) is 1.93. The molecule has 7 heteroatoms. The molecule has 1 fully saturated rings. The minimum atomic E-state index is 0.573. The van der Waals surface area contributed by atoms with Gasteiger partial charge in [0.05, 0.1) is 6.20 Å². The maximum Gasteiger partial charge on any atom is 0.244 e. The summed E-state index contributed by atoms with van der Waals surface area (Å²) in [7, 11) is 2.14. The van der Waals surface area contributed by atoms with Crippen molar-refractivity contribution in [3.05, 3.63) is 41.0 Å². The topological polar surface area (TPSA) is 57.2 Å². The normalized spacial score (nSPS) is 15.7. The van der Waals surface area contributed by atoms with Gasteiger partial charge in [-0.2, -0.15) is 10.1 Å². The Morgan fingerprint density at radius 1 is 1.22 bits per heavy atom. The lowest BCUT2D eigenvalue weighted by atomic mass is 10.1. The maximum absolute atomic E-state index is 5.99. The highest BCUT2D eigenvalue weighted by molar-refractivity contribution is 6.30. The van der Waals surface area contributed by atoms with Crippen LogP contribution in [0.2, 0.25) is 5.02 Å². The summed E-state index contributed by atoms with van der Waals surface area (Å²) in [6.45, 7) is 4.77. The van der Waals surface area contributed by atoms with Crippen LogP contribution < -0.4 is 10.2 Å². The molecule has 0 saturated carbocycles. The van der Waals surface area contributed by atoms with E-state index in [1.807, 2.05) is 18.2 Å². The van der Waals surface area contributed by atoms with Crippen molar-refractivity contribution in [2.24, 2.45) is 0 Å². The second kappa shape index (κ2) is 7.57. The van der Waals surface area contributed by atoms with Gasteiger partial charge < -0.3 is 15.1 Å². The lowest BCUT2D eigenvalue weighted by Crippen LogP contribution is -2.44. The van der Waals surface area contributed by atoms with Crippen LogP contribution in [0.15, 0.2) is 30.5 Å². The summed E-state index contributed by atoms with van der Waals surface area (Å²) in [4.78, 5) is 9.13. The van der Waals surface area contributed by atoms with Gasteiger partial charge in [-0.1, -0.05) is 23.7 Å². The zero-order valence-electron chi connectivity index (χ0n) is 13.2. The first-order valence-corrected chi connectivity index (χ1v) is 8.20. The van der Waals surface area contributed by atoms with E-state index in [0.29, 0.717) is 5.95 Å². The smallest absolute Gasteiger partial charge is 0.244 e. The fraction of sp³-hybridized carbons (Fsp3) is 0.438. The van der Waals surface area contributed by atoms with Crippen molar-refractivity contribution in [3.63, 3.8) is 0 Å². The van der Waals surface area contributed by atoms with Crippen molar-refractivity contribution in [1.29, 1.82) is 0 Å². The largest absolute Gasteiger partial charge is 0.353 e. The molecular weight excluding hydrogens is 312 g/mol. The van der Waals surface area contributed by atoms with Crippen LogP contribution in [0, 0.1) is 0 Å². The standard InChI is InChI=1S/C16H21ClN6/c1-22-7-9-23(10-8-22)15-12-19-21-16(20-15)18-6-5-13-3-2-4-14(17)11-13/h2-4,11-12H,5-10H2,1H3,(H,18,20,21). The highest BCUT2D eigenvalue weighted by atomic mass is 35.5. The summed E-state index contributed by atoms with van der Waals surface area (Å²) in [6.07, 6.45) is 2.59. The molecule has 0 unspecified atom stereocenters. The molecule has 0 bridgehead atoms. The fourth-order valence-corrected chi connectivity index (χ4v) is 2.78. The molecule has 2 aromatic rings. The number of halogens is 1. The number of piperazine rings is 1. The molecule has 1 aliphatic heterocycles. The molecule has 0 aliphatic carbocycles. The molecule has 6 nitrogen and oxygen atoms in total. The molecule has 1 saturated heterocycles. The van der Waals surface area contributed by atoms with E-state index < -0.39 is 0 Å². The average Bonchev–Trinajstić information content (AvgIpc) is 2.56. The van der Waals surface area contributed by atoms with E-state index in [1.54, 1.807) is 6.20 Å². The van der Waals surface area contributed by atoms with Gasteiger partial charge in [0, 0.05) is 37.7 Å². The van der Waals surface area contributed by atoms with Crippen molar-refractivity contribution < 1.29 is 0 Å². The Balaban J connectivity index is 1.55. The van der Waals surface area contributed by atoms with E-state index in [0.717, 1.165) is 50.0 Å². The van der Waals surface area contributed by atoms with Gasteiger partial charge in [-0.05, 0) is 31.2 Å². The molecule has 1 N–H and O–H groups in total. The molecule has 122 valence electrons. The van der Waals surface area contributed by atoms with Gasteiger partial charge in [0.2, 0.25) is 5.95 Å². The molecule has 0 radical (unpaired) electrons. The number of benzene rings is 1. The number of aromatic nitrogens is 3. The Morgan fingerprint density at radius 3 is 2.83 bits per heavy atom. The molecule has 3 rings (SSSR count). The van der Waals surface area contributed by atoms with Crippen LogP contribution in [0.3, 0.4) is 0 Å². The summed E-state index contributed by atoms with van der Waals surface area (Å²) >= 11 is 5.99. The van der Waals surface area contributed by atoms with Crippen LogP contribution in [0.5, 0.6) is 0 Å². The minimum absolute atomic E-state index is 0.573. The van der Waals surface area contributed by atoms with Crippen LogP contribution in [-0.2, 0) is 6.42 Å². The number of anilines is 2. The number of hydrogen-bond acceptors (Lipinski definition) is 6. The first-order chi connectivity index (χ1) is 11.2. The van der Waals surface area contributed by atoms with Crippen LogP contribution in [-0.4, -0.2) is 59.9 Å². The van der Waals surface area contributed by atoms with Crippen LogP contribution in [0.25, 0.3) is 0 Å². The zero-order chi connectivity index (χ0) is 16.1. The van der Waals surface area contributed by atoms with Gasteiger partial charge in [-0.15, -0.1) is 5.10 Å². The minimum Gasteiger partial charge on any atom is -0.353 e. The molecule has 1 aromatic carbocycles. The van der Waals surface area contributed by atoms with Gasteiger partial charge in [-0.25, -0.2) is 0 Å². The molecule has 1 aromatic heterocycles. The van der Waals surface area contributed by atoms with E-state index >= 15 is 0 Å². The third-order valence-electron chi connectivity index (χ3n) is 3.96. The van der Waals surface area contributed by atoms with Crippen molar-refractivity contribution in [2.45, 2.75) is 6.42 Å². The van der Waals surface area contributed by atoms with Gasteiger partial charge in [0.25, 0.3) is 0 Å². The third-order valence-corrected chi connectivity index (χ3v) is 4.19. The highest BCUT2D eigenvalue weighted by Gasteiger charge is 2.16. The molecule has 0 amide bonds. The summed E-state index contributed by atoms with van der Waals surface area (Å²) in [5.41, 5.74) is 1.19. The Kier molecular flexibility index (Phi) is 5.25. The summed E-state index contributed by atoms with van der Waals surface area (Å²) in [6, 6.07) is 7.88. The number of nitrogens with zero attached hydrogens (tertiary/aromatic N) is 5. The van der Waals surface area contributed by atoms with Crippen LogP contribution >= 0.6 is 11.6 Å². The van der Waals surface area contributed by atoms with Gasteiger partial charge in [-0.3, -0.25) is 0 Å². The molecule has 2 heterocycles. The molecular formula is C16H21ClN6. The second-order valence-corrected chi connectivity index (χ2v) is 6.17. The number of likely N-dealkylation sites (N-methyl/N-ethyl adjacent to an activating group) is 1. The van der Waals surface area contributed by atoms with Crippen molar-refractivity contribution in [3.8, 4) is 0 Å². The SMILES string of the molecule is CN1CCN(c2cnnc(NCCc3cccc(Cl)c3)n2)CC1. The van der Waals surface area contributed by atoms with Gasteiger partial charge in [0.15, 0.2) is 5.82 Å².